The van der Waals surface area contributed by atoms with Crippen molar-refractivity contribution < 1.29 is 4.74 Å². The van der Waals surface area contributed by atoms with Crippen molar-refractivity contribution >= 4 is 0 Å². The second kappa shape index (κ2) is 3.62. The lowest BCUT2D eigenvalue weighted by atomic mass is 10.4. The van der Waals surface area contributed by atoms with Crippen LogP contribution in [-0.2, 0) is 4.74 Å². The predicted octanol–water partition coefficient (Wildman–Crippen LogP) is 1.24. The summed E-state index contributed by atoms with van der Waals surface area (Å²) in [5.41, 5.74) is 1.27. The van der Waals surface area contributed by atoms with Crippen LogP contribution in [-0.4, -0.2) is 31.2 Å². The maximum absolute atomic E-state index is 5.19. The highest BCUT2D eigenvalue weighted by molar-refractivity contribution is 5.12. The molecule has 0 amide bonds. The fourth-order valence-corrected chi connectivity index (χ4v) is 0.924. The van der Waals surface area contributed by atoms with Crippen LogP contribution in [0.15, 0.2) is 12.3 Å². The zero-order valence-corrected chi connectivity index (χ0v) is 6.60. The van der Waals surface area contributed by atoms with Gasteiger partial charge in [0.25, 0.3) is 0 Å². The molecule has 0 atom stereocenters. The molecule has 0 aromatic rings. The highest BCUT2D eigenvalue weighted by Crippen LogP contribution is 2.18. The quantitative estimate of drug-likeness (QED) is 0.422. The summed E-state index contributed by atoms with van der Waals surface area (Å²) in [6.45, 7) is 9.81. The van der Waals surface area contributed by atoms with Crippen LogP contribution in [0, 0.1) is 0 Å². The summed E-state index contributed by atoms with van der Waals surface area (Å²) < 4.78 is 5.19. The first-order chi connectivity index (χ1) is 4.84. The lowest BCUT2D eigenvalue weighted by molar-refractivity contribution is 0.142. The third-order valence-electron chi connectivity index (χ3n) is 1.64. The van der Waals surface area contributed by atoms with Gasteiger partial charge in [-0.2, -0.15) is 0 Å². The van der Waals surface area contributed by atoms with E-state index in [1.165, 1.54) is 5.70 Å². The van der Waals surface area contributed by atoms with E-state index in [0.29, 0.717) is 0 Å². The Morgan fingerprint density at radius 2 is 2.40 bits per heavy atom. The van der Waals surface area contributed by atoms with Crippen molar-refractivity contribution in [3.05, 3.63) is 12.3 Å². The van der Waals surface area contributed by atoms with Gasteiger partial charge in [0.15, 0.2) is 0 Å². The number of hydrogen-bond donors (Lipinski definition) is 0. The second-order valence-electron chi connectivity index (χ2n) is 2.54. The molecule has 1 aliphatic rings. The maximum Gasteiger partial charge on any atom is 0.0570 e. The van der Waals surface area contributed by atoms with Gasteiger partial charge in [-0.05, 0) is 13.3 Å². The van der Waals surface area contributed by atoms with Crippen LogP contribution in [0.5, 0.6) is 0 Å². The molecule has 0 aromatic carbocycles. The highest BCUT2D eigenvalue weighted by atomic mass is 16.5. The van der Waals surface area contributed by atoms with Gasteiger partial charge >= 0.3 is 0 Å². The van der Waals surface area contributed by atoms with Gasteiger partial charge in [-0.15, -0.1) is 0 Å². The van der Waals surface area contributed by atoms with Crippen molar-refractivity contribution in [1.82, 2.24) is 4.90 Å². The van der Waals surface area contributed by atoms with E-state index in [0.717, 1.165) is 32.7 Å². The standard InChI is InChI=1S/C8H15NO/c1-3-10-6-4-5-9-7-8(9)2/h2-7H2,1H3. The molecule has 1 saturated heterocycles. The third-order valence-corrected chi connectivity index (χ3v) is 1.64. The Morgan fingerprint density at radius 3 is 2.90 bits per heavy atom. The Labute approximate surface area is 62.5 Å². The average molecular weight is 141 g/mol. The molecule has 10 heavy (non-hydrogen) atoms. The Morgan fingerprint density at radius 1 is 1.70 bits per heavy atom. The number of hydrogen-bond acceptors (Lipinski definition) is 2. The van der Waals surface area contributed by atoms with Crippen molar-refractivity contribution in [2.45, 2.75) is 13.3 Å². The minimum absolute atomic E-state index is 0.834. The molecular weight excluding hydrogens is 126 g/mol. The first kappa shape index (κ1) is 7.61. The van der Waals surface area contributed by atoms with E-state index in [4.69, 9.17) is 4.74 Å². The largest absolute Gasteiger partial charge is 0.382 e. The van der Waals surface area contributed by atoms with Crippen LogP contribution in [0.25, 0.3) is 0 Å². The van der Waals surface area contributed by atoms with E-state index in [2.05, 4.69) is 11.5 Å². The van der Waals surface area contributed by atoms with Crippen molar-refractivity contribution in [1.29, 1.82) is 0 Å². The molecule has 0 unspecified atom stereocenters. The summed E-state index contributed by atoms with van der Waals surface area (Å²) in [4.78, 5) is 2.26. The van der Waals surface area contributed by atoms with Crippen molar-refractivity contribution in [2.24, 2.45) is 0 Å². The molecule has 0 bridgehead atoms. The Kier molecular flexibility index (Phi) is 2.75. The molecule has 58 valence electrons. The van der Waals surface area contributed by atoms with Crippen LogP contribution < -0.4 is 0 Å². The topological polar surface area (TPSA) is 12.2 Å². The number of ether oxygens (including phenoxy) is 1. The summed E-state index contributed by atoms with van der Waals surface area (Å²) in [5.74, 6) is 0. The zero-order chi connectivity index (χ0) is 7.40. The fraction of sp³-hybridized carbons (Fsp3) is 0.750. The Hall–Kier alpha value is -0.500. The molecule has 0 saturated carbocycles. The predicted molar refractivity (Wildman–Crippen MR) is 41.8 cm³/mol. The lowest BCUT2D eigenvalue weighted by Gasteiger charge is -2.01. The minimum atomic E-state index is 0.834. The van der Waals surface area contributed by atoms with Crippen molar-refractivity contribution in [3.8, 4) is 0 Å². The smallest absolute Gasteiger partial charge is 0.0570 e. The first-order valence-corrected chi connectivity index (χ1v) is 3.85. The van der Waals surface area contributed by atoms with E-state index in [1.807, 2.05) is 6.92 Å². The van der Waals surface area contributed by atoms with Crippen LogP contribution in [0.3, 0.4) is 0 Å². The second-order valence-corrected chi connectivity index (χ2v) is 2.54. The van der Waals surface area contributed by atoms with Crippen molar-refractivity contribution in [3.63, 3.8) is 0 Å². The normalized spacial score (nSPS) is 16.1. The molecule has 0 radical (unpaired) electrons. The summed E-state index contributed by atoms with van der Waals surface area (Å²) in [7, 11) is 0. The van der Waals surface area contributed by atoms with E-state index < -0.39 is 0 Å². The van der Waals surface area contributed by atoms with Crippen LogP contribution >= 0.6 is 0 Å². The van der Waals surface area contributed by atoms with Gasteiger partial charge in [0.05, 0.1) is 6.54 Å². The molecule has 0 aromatic heterocycles. The van der Waals surface area contributed by atoms with Crippen LogP contribution in [0.1, 0.15) is 13.3 Å². The van der Waals surface area contributed by atoms with Crippen LogP contribution in [0.4, 0.5) is 0 Å². The lowest BCUT2D eigenvalue weighted by Crippen LogP contribution is -2.03. The van der Waals surface area contributed by atoms with Gasteiger partial charge < -0.3 is 9.64 Å². The summed E-state index contributed by atoms with van der Waals surface area (Å²) in [5, 5.41) is 0. The Balaban J connectivity index is 1.82. The Bertz CT molecular complexity index is 122. The van der Waals surface area contributed by atoms with Crippen molar-refractivity contribution in [2.75, 3.05) is 26.3 Å². The molecule has 2 heteroatoms. The van der Waals surface area contributed by atoms with Gasteiger partial charge in [0, 0.05) is 25.5 Å². The molecular formula is C8H15NO. The molecule has 0 spiro atoms. The summed E-state index contributed by atoms with van der Waals surface area (Å²) in [6, 6.07) is 0. The van der Waals surface area contributed by atoms with Gasteiger partial charge in [-0.3, -0.25) is 0 Å². The summed E-state index contributed by atoms with van der Waals surface area (Å²) >= 11 is 0. The zero-order valence-electron chi connectivity index (χ0n) is 6.60. The van der Waals surface area contributed by atoms with E-state index in [9.17, 15) is 0 Å². The molecule has 1 fully saturated rings. The van der Waals surface area contributed by atoms with E-state index in [-0.39, 0.29) is 0 Å². The van der Waals surface area contributed by atoms with E-state index in [1.54, 1.807) is 0 Å². The number of nitrogens with zero attached hydrogens (tertiary/aromatic N) is 1. The van der Waals surface area contributed by atoms with Gasteiger partial charge in [-0.25, -0.2) is 0 Å². The molecule has 1 aliphatic heterocycles. The summed E-state index contributed by atoms with van der Waals surface area (Å²) in [6.07, 6.45) is 1.13. The van der Waals surface area contributed by atoms with Gasteiger partial charge in [0.1, 0.15) is 0 Å². The minimum Gasteiger partial charge on any atom is -0.382 e. The molecule has 0 N–H and O–H groups in total. The maximum atomic E-state index is 5.19. The molecule has 1 rings (SSSR count). The SMILES string of the molecule is C=C1CN1CCCOCC. The third kappa shape index (κ3) is 2.40. The monoisotopic (exact) mass is 141 g/mol. The fourth-order valence-electron chi connectivity index (χ4n) is 0.924. The number of rotatable bonds is 5. The van der Waals surface area contributed by atoms with E-state index >= 15 is 0 Å². The molecule has 2 nitrogen and oxygen atoms in total. The average Bonchev–Trinajstić information content (AvgIpc) is 2.60. The van der Waals surface area contributed by atoms with Crippen LogP contribution in [0.2, 0.25) is 0 Å². The first-order valence-electron chi connectivity index (χ1n) is 3.85. The van der Waals surface area contributed by atoms with Gasteiger partial charge in [-0.1, -0.05) is 6.58 Å². The highest BCUT2D eigenvalue weighted by Gasteiger charge is 2.20. The molecule has 0 aliphatic carbocycles. The van der Waals surface area contributed by atoms with Gasteiger partial charge in [0.2, 0.25) is 0 Å². The molecule has 1 heterocycles.